The quantitative estimate of drug-likeness (QED) is 0.201. The van der Waals surface area contributed by atoms with Gasteiger partial charge >= 0.3 is 5.97 Å². The molecule has 124 valence electrons. The minimum Gasteiger partial charge on any atom is -0.509 e. The Balaban J connectivity index is 2.18. The van der Waals surface area contributed by atoms with E-state index in [9.17, 15) is 29.5 Å². The zero-order valence-electron chi connectivity index (χ0n) is 11.8. The number of aliphatic hydroxyl groups is 1. The van der Waals surface area contributed by atoms with E-state index in [1.807, 2.05) is 0 Å². The molecular weight excluding hydrogens is 394 g/mol. The topological polar surface area (TPSA) is 136 Å². The van der Waals surface area contributed by atoms with Crippen LogP contribution in [0.4, 0.5) is 0 Å². The zero-order chi connectivity index (χ0) is 17.3. The average Bonchev–Trinajstić information content (AvgIpc) is 2.52. The lowest BCUT2D eigenvalue weighted by molar-refractivity contribution is -0.150. The molecule has 3 N–H and O–H groups in total. The molecule has 0 saturated carbocycles. The van der Waals surface area contributed by atoms with Crippen molar-refractivity contribution < 1.29 is 24.6 Å². The summed E-state index contributed by atoms with van der Waals surface area (Å²) in [6, 6.07) is -0.977. The van der Waals surface area contributed by atoms with E-state index in [2.05, 4.69) is 26.4 Å². The summed E-state index contributed by atoms with van der Waals surface area (Å²) in [4.78, 5) is 47.1. The number of β-lactam (4-membered cyclic amide) rings is 1. The summed E-state index contributed by atoms with van der Waals surface area (Å²) in [6.45, 7) is 1.62. The molecule has 0 aliphatic carbocycles. The van der Waals surface area contributed by atoms with Crippen LogP contribution in [0.5, 0.6) is 0 Å². The lowest BCUT2D eigenvalue weighted by Crippen LogP contribution is -2.70. The highest BCUT2D eigenvalue weighted by Gasteiger charge is 2.54. The molecule has 0 aromatic carbocycles. The minimum atomic E-state index is -1.21. The van der Waals surface area contributed by atoms with Crippen molar-refractivity contribution >= 4 is 45.5 Å². The Morgan fingerprint density at radius 1 is 1.48 bits per heavy atom. The van der Waals surface area contributed by atoms with Gasteiger partial charge in [0.1, 0.15) is 22.9 Å². The summed E-state index contributed by atoms with van der Waals surface area (Å²) in [7, 11) is 0. The fourth-order valence-electron chi connectivity index (χ4n) is 2.27. The number of nitrogens with one attached hydrogen (secondary N) is 1. The highest BCUT2D eigenvalue weighted by Crippen LogP contribution is 2.40. The highest BCUT2D eigenvalue weighted by molar-refractivity contribution is 9.09. The number of carboxylic acid groups (broad SMARTS) is 1. The van der Waals surface area contributed by atoms with Crippen LogP contribution in [0.15, 0.2) is 27.9 Å². The van der Waals surface area contributed by atoms with Gasteiger partial charge < -0.3 is 15.5 Å². The van der Waals surface area contributed by atoms with E-state index in [1.165, 1.54) is 11.8 Å². The van der Waals surface area contributed by atoms with Gasteiger partial charge in [0.05, 0.1) is 5.33 Å². The fraction of sp³-hybridized carbons (Fsp3) is 0.417. The van der Waals surface area contributed by atoms with Gasteiger partial charge in [0.2, 0.25) is 5.70 Å². The van der Waals surface area contributed by atoms with Crippen molar-refractivity contribution in [3.8, 4) is 0 Å². The maximum atomic E-state index is 12.1. The van der Waals surface area contributed by atoms with Gasteiger partial charge in [0.25, 0.3) is 11.8 Å². The first-order chi connectivity index (χ1) is 10.8. The standard InChI is InChI=1S/C12H12BrN3O6S/c1-4-3-23-11-7(10(19)16(11)8(4)12(20)21)14-9(18)6(15-22)5(17)2-13/h7,11,17H,2-3H2,1H3,(H,14,18)(H,20,21)/t7?,11-/m0/s1. The van der Waals surface area contributed by atoms with E-state index in [-0.39, 0.29) is 11.0 Å². The van der Waals surface area contributed by atoms with Crippen LogP contribution >= 0.6 is 27.7 Å². The number of nitrogens with zero attached hydrogens (tertiary/aromatic N) is 2. The fourth-order valence-corrected chi connectivity index (χ4v) is 3.83. The van der Waals surface area contributed by atoms with Crippen LogP contribution in [0, 0.1) is 4.91 Å². The van der Waals surface area contributed by atoms with Crippen LogP contribution in [-0.2, 0) is 14.4 Å². The van der Waals surface area contributed by atoms with E-state index in [4.69, 9.17) is 0 Å². The average molecular weight is 406 g/mol. The molecule has 0 aromatic rings. The molecule has 0 bridgehead atoms. The predicted molar refractivity (Wildman–Crippen MR) is 84.6 cm³/mol. The van der Waals surface area contributed by atoms with E-state index < -0.39 is 40.7 Å². The molecule has 2 heterocycles. The van der Waals surface area contributed by atoms with E-state index in [1.54, 1.807) is 6.92 Å². The third kappa shape index (κ3) is 2.98. The largest absolute Gasteiger partial charge is 0.509 e. The Kier molecular flexibility index (Phi) is 5.09. The summed E-state index contributed by atoms with van der Waals surface area (Å²) in [6.07, 6.45) is 0. The molecule has 23 heavy (non-hydrogen) atoms. The van der Waals surface area contributed by atoms with Gasteiger partial charge in [-0.1, -0.05) is 15.9 Å². The van der Waals surface area contributed by atoms with Crippen molar-refractivity contribution in [1.82, 2.24) is 10.2 Å². The second-order valence-corrected chi connectivity index (χ2v) is 6.48. The molecule has 2 atom stereocenters. The van der Waals surface area contributed by atoms with Crippen molar-refractivity contribution in [2.75, 3.05) is 11.1 Å². The molecule has 2 amide bonds. The number of amides is 2. The Morgan fingerprint density at radius 3 is 2.65 bits per heavy atom. The third-order valence-electron chi connectivity index (χ3n) is 3.35. The number of nitroso groups, excluding NO2 is 1. The summed E-state index contributed by atoms with van der Waals surface area (Å²) in [5.74, 6) is -2.93. The molecule has 1 fully saturated rings. The van der Waals surface area contributed by atoms with Gasteiger partial charge in [0, 0.05) is 5.75 Å². The van der Waals surface area contributed by atoms with Gasteiger partial charge in [-0.2, -0.15) is 0 Å². The number of aliphatic carboxylic acids is 1. The Morgan fingerprint density at radius 2 is 2.13 bits per heavy atom. The van der Waals surface area contributed by atoms with Gasteiger partial charge in [-0.05, 0) is 17.7 Å². The number of thioether (sulfide) groups is 1. The molecule has 2 aliphatic rings. The predicted octanol–water partition coefficient (Wildman–Crippen LogP) is 0.676. The molecule has 1 saturated heterocycles. The lowest BCUT2D eigenvalue weighted by atomic mass is 10.0. The number of hydrogen-bond acceptors (Lipinski definition) is 7. The summed E-state index contributed by atoms with van der Waals surface area (Å²) < 4.78 is 0. The van der Waals surface area contributed by atoms with Gasteiger partial charge in [-0.25, -0.2) is 4.79 Å². The summed E-state index contributed by atoms with van der Waals surface area (Å²) in [5, 5.41) is 22.7. The van der Waals surface area contributed by atoms with Crippen molar-refractivity contribution in [3.63, 3.8) is 0 Å². The van der Waals surface area contributed by atoms with E-state index in [0.717, 1.165) is 4.90 Å². The number of alkyl halides is 1. The van der Waals surface area contributed by atoms with Crippen LogP contribution in [0.2, 0.25) is 0 Å². The maximum absolute atomic E-state index is 12.1. The second kappa shape index (κ2) is 6.71. The van der Waals surface area contributed by atoms with Crippen LogP contribution in [0.25, 0.3) is 0 Å². The number of carbonyl (C=O) groups is 3. The second-order valence-electron chi connectivity index (χ2n) is 4.82. The number of rotatable bonds is 5. The van der Waals surface area contributed by atoms with Gasteiger partial charge in [-0.3, -0.25) is 14.5 Å². The molecule has 0 aromatic heterocycles. The van der Waals surface area contributed by atoms with Gasteiger partial charge in [0.15, 0.2) is 0 Å². The van der Waals surface area contributed by atoms with Gasteiger partial charge in [-0.15, -0.1) is 16.7 Å². The Hall–Kier alpha value is -1.88. The molecule has 0 radical (unpaired) electrons. The Labute approximate surface area is 142 Å². The first-order valence-electron chi connectivity index (χ1n) is 6.33. The molecular formula is C12H12BrN3O6S. The van der Waals surface area contributed by atoms with Crippen molar-refractivity contribution in [2.24, 2.45) is 5.18 Å². The molecule has 9 nitrogen and oxygen atoms in total. The van der Waals surface area contributed by atoms with E-state index in [0.29, 0.717) is 11.3 Å². The normalized spacial score (nSPS) is 24.4. The third-order valence-corrected chi connectivity index (χ3v) is 5.31. The number of allylic oxidation sites excluding steroid dienone is 1. The summed E-state index contributed by atoms with van der Waals surface area (Å²) in [5.41, 5.74) is -0.250. The lowest BCUT2D eigenvalue weighted by Gasteiger charge is -2.49. The number of aliphatic hydroxyl groups excluding tert-OH is 1. The number of halogens is 1. The number of hydrogen-bond donors (Lipinski definition) is 3. The molecule has 1 unspecified atom stereocenters. The number of fused-ring (bicyclic) bond motifs is 1. The Bertz CT molecular complexity index is 661. The first kappa shape index (κ1) is 17.5. The van der Waals surface area contributed by atoms with Crippen LogP contribution in [-0.4, -0.2) is 55.4 Å². The van der Waals surface area contributed by atoms with Crippen LogP contribution in [0.3, 0.4) is 0 Å². The van der Waals surface area contributed by atoms with Crippen molar-refractivity contribution in [3.05, 3.63) is 27.6 Å². The molecule has 2 rings (SSSR count). The van der Waals surface area contributed by atoms with Crippen LogP contribution < -0.4 is 5.32 Å². The molecule has 2 aliphatic heterocycles. The molecule has 0 spiro atoms. The van der Waals surface area contributed by atoms with E-state index >= 15 is 0 Å². The first-order valence-corrected chi connectivity index (χ1v) is 8.50. The zero-order valence-corrected chi connectivity index (χ0v) is 14.2. The van der Waals surface area contributed by atoms with Crippen molar-refractivity contribution in [2.45, 2.75) is 18.3 Å². The SMILES string of the molecule is CC1=C(C(=O)O)N2C(=O)C(NC(=O)C(N=O)=C(O)CBr)[C@@H]2SC1. The minimum absolute atomic E-state index is 0.0863. The van der Waals surface area contributed by atoms with Crippen LogP contribution in [0.1, 0.15) is 6.92 Å². The monoisotopic (exact) mass is 405 g/mol. The number of carboxylic acids is 1. The summed E-state index contributed by atoms with van der Waals surface area (Å²) >= 11 is 4.18. The molecule has 11 heteroatoms. The van der Waals surface area contributed by atoms with Crippen molar-refractivity contribution in [1.29, 1.82) is 0 Å². The highest BCUT2D eigenvalue weighted by atomic mass is 79.9. The number of carbonyl (C=O) groups excluding carboxylic acids is 2. The smallest absolute Gasteiger partial charge is 0.352 e. The maximum Gasteiger partial charge on any atom is 0.352 e.